The smallest absolute Gasteiger partial charge is 0.0590 e. The Kier molecular flexibility index (Phi) is 4.86. The normalized spacial score (nSPS) is 12.5. The molecule has 0 aliphatic carbocycles. The Morgan fingerprint density at radius 3 is 2.00 bits per heavy atom. The summed E-state index contributed by atoms with van der Waals surface area (Å²) >= 11 is 2.43. The molecule has 2 heteroatoms. The summed E-state index contributed by atoms with van der Waals surface area (Å²) in [4.78, 5) is 0. The summed E-state index contributed by atoms with van der Waals surface area (Å²) in [5.41, 5.74) is 8.31. The van der Waals surface area contributed by atoms with Crippen molar-refractivity contribution in [1.82, 2.24) is 5.32 Å². The second-order valence-corrected chi connectivity index (χ2v) is 6.58. The lowest BCUT2D eigenvalue weighted by molar-refractivity contribution is 0.678. The Hall–Kier alpha value is -0.870. The number of nitrogens with one attached hydrogen (secondary N) is 1. The second kappa shape index (κ2) is 6.27. The topological polar surface area (TPSA) is 12.0 Å². The molecule has 0 radical (unpaired) electrons. The van der Waals surface area contributed by atoms with Gasteiger partial charge in [-0.15, -0.1) is 0 Å². The van der Waals surface area contributed by atoms with Crippen LogP contribution >= 0.6 is 22.6 Å². The van der Waals surface area contributed by atoms with Crippen molar-refractivity contribution in [2.45, 2.75) is 33.7 Å². The van der Waals surface area contributed by atoms with E-state index in [1.807, 2.05) is 7.05 Å². The predicted molar refractivity (Wildman–Crippen MR) is 95.5 cm³/mol. The van der Waals surface area contributed by atoms with Gasteiger partial charge in [-0.25, -0.2) is 0 Å². The second-order valence-electron chi connectivity index (χ2n) is 5.42. The third-order valence-electron chi connectivity index (χ3n) is 4.22. The maximum Gasteiger partial charge on any atom is 0.0590 e. The highest BCUT2D eigenvalue weighted by molar-refractivity contribution is 14.1. The Bertz CT molecular complexity index is 605. The summed E-state index contributed by atoms with van der Waals surface area (Å²) in [7, 11) is 2.05. The molecular weight excluding hydrogens is 357 g/mol. The largest absolute Gasteiger partial charge is 0.309 e. The average Bonchev–Trinajstić information content (AvgIpc) is 2.42. The molecule has 1 N–H and O–H groups in total. The number of hydrogen-bond acceptors (Lipinski definition) is 1. The van der Waals surface area contributed by atoms with Gasteiger partial charge in [0.05, 0.1) is 6.04 Å². The third-order valence-corrected chi connectivity index (χ3v) is 5.20. The monoisotopic (exact) mass is 379 g/mol. The molecule has 20 heavy (non-hydrogen) atoms. The van der Waals surface area contributed by atoms with Gasteiger partial charge in [0.2, 0.25) is 0 Å². The first-order valence-corrected chi connectivity index (χ1v) is 8.04. The van der Waals surface area contributed by atoms with E-state index in [0.717, 1.165) is 0 Å². The minimum absolute atomic E-state index is 0.252. The zero-order valence-corrected chi connectivity index (χ0v) is 15.0. The van der Waals surface area contributed by atoms with Crippen LogP contribution in [0.3, 0.4) is 0 Å². The van der Waals surface area contributed by atoms with E-state index in [-0.39, 0.29) is 6.04 Å². The first-order chi connectivity index (χ1) is 9.47. The molecule has 1 unspecified atom stereocenters. The molecule has 2 rings (SSSR count). The van der Waals surface area contributed by atoms with Gasteiger partial charge in [-0.2, -0.15) is 0 Å². The number of halogens is 1. The maximum atomic E-state index is 3.51. The van der Waals surface area contributed by atoms with E-state index in [2.05, 4.69) is 85.9 Å². The van der Waals surface area contributed by atoms with Gasteiger partial charge in [-0.1, -0.05) is 24.3 Å². The van der Waals surface area contributed by atoms with Crippen LogP contribution in [0.25, 0.3) is 0 Å². The predicted octanol–water partition coefficient (Wildman–Crippen LogP) is 4.83. The number of hydrogen-bond donors (Lipinski definition) is 1. The molecule has 1 atom stereocenters. The third kappa shape index (κ3) is 2.77. The van der Waals surface area contributed by atoms with Gasteiger partial charge in [0.1, 0.15) is 0 Å². The van der Waals surface area contributed by atoms with Crippen LogP contribution in [0.15, 0.2) is 30.3 Å². The summed E-state index contributed by atoms with van der Waals surface area (Å²) in [6.45, 7) is 8.87. The molecule has 0 heterocycles. The molecule has 106 valence electrons. The van der Waals surface area contributed by atoms with E-state index in [0.29, 0.717) is 0 Å². The number of rotatable bonds is 3. The number of benzene rings is 2. The van der Waals surface area contributed by atoms with E-state index in [4.69, 9.17) is 0 Å². The van der Waals surface area contributed by atoms with Gasteiger partial charge in [0.25, 0.3) is 0 Å². The SMILES string of the molecule is CNC(c1ccccc1I)c1c(C)c(C)cc(C)c1C. The van der Waals surface area contributed by atoms with Gasteiger partial charge in [0, 0.05) is 3.57 Å². The van der Waals surface area contributed by atoms with E-state index in [1.165, 1.54) is 37.0 Å². The summed E-state index contributed by atoms with van der Waals surface area (Å²) in [6, 6.07) is 11.2. The van der Waals surface area contributed by atoms with Crippen LogP contribution in [-0.2, 0) is 0 Å². The van der Waals surface area contributed by atoms with Crippen LogP contribution in [0.2, 0.25) is 0 Å². The van der Waals surface area contributed by atoms with Crippen LogP contribution in [-0.4, -0.2) is 7.05 Å². The van der Waals surface area contributed by atoms with Crippen LogP contribution < -0.4 is 5.32 Å². The fraction of sp³-hybridized carbons (Fsp3) is 0.333. The van der Waals surface area contributed by atoms with Crippen molar-refractivity contribution in [1.29, 1.82) is 0 Å². The van der Waals surface area contributed by atoms with Crippen LogP contribution in [0.5, 0.6) is 0 Å². The van der Waals surface area contributed by atoms with Crippen molar-refractivity contribution in [3.05, 3.63) is 67.3 Å². The lowest BCUT2D eigenvalue weighted by Gasteiger charge is -2.25. The van der Waals surface area contributed by atoms with Crippen molar-refractivity contribution in [3.8, 4) is 0 Å². The Labute approximate surface area is 135 Å². The van der Waals surface area contributed by atoms with Gasteiger partial charge in [-0.05, 0) is 96.8 Å². The summed E-state index contributed by atoms with van der Waals surface area (Å²) in [6.07, 6.45) is 0. The molecule has 0 saturated carbocycles. The van der Waals surface area contributed by atoms with Gasteiger partial charge in [-0.3, -0.25) is 0 Å². The fourth-order valence-corrected chi connectivity index (χ4v) is 3.54. The molecular formula is C18H22IN. The molecule has 0 saturated heterocycles. The highest BCUT2D eigenvalue weighted by Crippen LogP contribution is 2.33. The van der Waals surface area contributed by atoms with Gasteiger partial charge in [0.15, 0.2) is 0 Å². The van der Waals surface area contributed by atoms with Crippen LogP contribution in [0.4, 0.5) is 0 Å². The van der Waals surface area contributed by atoms with Gasteiger partial charge >= 0.3 is 0 Å². The highest BCUT2D eigenvalue weighted by atomic mass is 127. The van der Waals surface area contributed by atoms with Crippen molar-refractivity contribution in [2.24, 2.45) is 0 Å². The molecule has 0 spiro atoms. The first kappa shape index (κ1) is 15.5. The molecule has 0 aliphatic heterocycles. The van der Waals surface area contributed by atoms with Gasteiger partial charge < -0.3 is 5.32 Å². The Morgan fingerprint density at radius 1 is 0.950 bits per heavy atom. The van der Waals surface area contributed by atoms with E-state index < -0.39 is 0 Å². The highest BCUT2D eigenvalue weighted by Gasteiger charge is 2.20. The molecule has 0 amide bonds. The molecule has 0 aliphatic rings. The molecule has 0 aromatic heterocycles. The lowest BCUT2D eigenvalue weighted by atomic mass is 9.87. The van der Waals surface area contributed by atoms with E-state index in [1.54, 1.807) is 0 Å². The standard InChI is InChI=1S/C18H22IN/c1-11-10-12(2)14(4)17(13(11)3)18(20-5)15-8-6-7-9-16(15)19/h6-10,18,20H,1-5H3. The average molecular weight is 379 g/mol. The molecule has 2 aromatic carbocycles. The number of aryl methyl sites for hydroxylation is 2. The van der Waals surface area contributed by atoms with Crippen LogP contribution in [0.1, 0.15) is 39.4 Å². The summed E-state index contributed by atoms with van der Waals surface area (Å²) in [5, 5.41) is 3.51. The Morgan fingerprint density at radius 2 is 1.50 bits per heavy atom. The van der Waals surface area contributed by atoms with Crippen molar-refractivity contribution in [2.75, 3.05) is 7.05 Å². The first-order valence-electron chi connectivity index (χ1n) is 6.96. The zero-order chi connectivity index (χ0) is 14.9. The molecule has 2 aromatic rings. The summed E-state index contributed by atoms with van der Waals surface area (Å²) < 4.78 is 1.31. The fourth-order valence-electron chi connectivity index (χ4n) is 2.84. The van der Waals surface area contributed by atoms with Crippen molar-refractivity contribution in [3.63, 3.8) is 0 Å². The van der Waals surface area contributed by atoms with E-state index in [9.17, 15) is 0 Å². The maximum absolute atomic E-state index is 3.51. The van der Waals surface area contributed by atoms with Crippen LogP contribution in [0, 0.1) is 31.3 Å². The summed E-state index contributed by atoms with van der Waals surface area (Å²) in [5.74, 6) is 0. The Balaban J connectivity index is 2.68. The van der Waals surface area contributed by atoms with Crippen molar-refractivity contribution >= 4 is 22.6 Å². The minimum Gasteiger partial charge on any atom is -0.309 e. The van der Waals surface area contributed by atoms with Crippen molar-refractivity contribution < 1.29 is 0 Å². The molecule has 1 nitrogen and oxygen atoms in total. The minimum atomic E-state index is 0.252. The molecule has 0 fully saturated rings. The molecule has 0 bridgehead atoms. The lowest BCUT2D eigenvalue weighted by Crippen LogP contribution is -2.21. The zero-order valence-electron chi connectivity index (χ0n) is 12.8. The quantitative estimate of drug-likeness (QED) is 0.753. The van der Waals surface area contributed by atoms with E-state index >= 15 is 0 Å².